The van der Waals surface area contributed by atoms with E-state index in [0.29, 0.717) is 17.4 Å². The van der Waals surface area contributed by atoms with Gasteiger partial charge in [-0.15, -0.1) is 0 Å². The normalized spacial score (nSPS) is 24.5. The first-order chi connectivity index (χ1) is 12.7. The maximum absolute atomic E-state index is 12.0. The average molecular weight is 363 g/mol. The van der Waals surface area contributed by atoms with Crippen molar-refractivity contribution in [2.75, 3.05) is 32.7 Å². The number of amides is 1. The molecule has 148 valence electrons. The van der Waals surface area contributed by atoms with Crippen LogP contribution in [0.5, 0.6) is 0 Å². The van der Waals surface area contributed by atoms with E-state index in [-0.39, 0.29) is 0 Å². The first-order valence-electron chi connectivity index (χ1n) is 11.0. The van der Waals surface area contributed by atoms with Crippen LogP contribution in [0, 0.1) is 5.41 Å². The molecule has 3 rings (SSSR count). The largest absolute Gasteiger partial charge is 0.357 e. The van der Waals surface area contributed by atoms with E-state index in [4.69, 9.17) is 4.99 Å². The van der Waals surface area contributed by atoms with Gasteiger partial charge < -0.3 is 15.1 Å². The van der Waals surface area contributed by atoms with E-state index in [0.717, 1.165) is 57.8 Å². The van der Waals surface area contributed by atoms with Gasteiger partial charge in [-0.3, -0.25) is 9.79 Å². The summed E-state index contributed by atoms with van der Waals surface area (Å²) in [5, 5.41) is 3.51. The summed E-state index contributed by atoms with van der Waals surface area (Å²) in [6.07, 6.45) is 12.1. The fraction of sp³-hybridized carbons (Fsp3) is 0.905. The maximum atomic E-state index is 12.0. The van der Waals surface area contributed by atoms with E-state index >= 15 is 0 Å². The van der Waals surface area contributed by atoms with Crippen LogP contribution in [-0.2, 0) is 4.79 Å². The highest BCUT2D eigenvalue weighted by Crippen LogP contribution is 2.43. The minimum atomic E-state index is 0.339. The van der Waals surface area contributed by atoms with Crippen molar-refractivity contribution in [1.82, 2.24) is 15.1 Å². The number of likely N-dealkylation sites (tertiary alicyclic amines) is 2. The van der Waals surface area contributed by atoms with Crippen LogP contribution in [0.2, 0.25) is 0 Å². The summed E-state index contributed by atoms with van der Waals surface area (Å²) < 4.78 is 0. The predicted octanol–water partition coefficient (Wildman–Crippen LogP) is 3.40. The summed E-state index contributed by atoms with van der Waals surface area (Å²) in [7, 11) is 0. The molecule has 1 atom stereocenters. The molecule has 1 unspecified atom stereocenters. The molecule has 2 aliphatic heterocycles. The lowest BCUT2D eigenvalue weighted by atomic mass is 9.73. The Balaban J connectivity index is 1.56. The van der Waals surface area contributed by atoms with Gasteiger partial charge in [0.1, 0.15) is 0 Å². The molecule has 0 aromatic heterocycles. The molecule has 1 spiro atoms. The van der Waals surface area contributed by atoms with Gasteiger partial charge >= 0.3 is 0 Å². The molecule has 0 bridgehead atoms. The number of aliphatic imine (C=N–C) groups is 1. The van der Waals surface area contributed by atoms with E-state index in [9.17, 15) is 4.79 Å². The van der Waals surface area contributed by atoms with Crippen LogP contribution < -0.4 is 5.32 Å². The van der Waals surface area contributed by atoms with Gasteiger partial charge in [0.05, 0.1) is 0 Å². The molecule has 2 heterocycles. The van der Waals surface area contributed by atoms with Crippen molar-refractivity contribution in [2.45, 2.75) is 84.1 Å². The summed E-state index contributed by atoms with van der Waals surface area (Å²) in [5.41, 5.74) is 0.558. The van der Waals surface area contributed by atoms with Gasteiger partial charge in [-0.25, -0.2) is 0 Å². The van der Waals surface area contributed by atoms with Crippen LogP contribution in [0.25, 0.3) is 0 Å². The molecule has 5 heteroatoms. The molecule has 0 aromatic carbocycles. The first kappa shape index (κ1) is 19.5. The monoisotopic (exact) mass is 362 g/mol. The molecular weight excluding hydrogens is 324 g/mol. The summed E-state index contributed by atoms with van der Waals surface area (Å²) in [6, 6.07) is 0.361. The Kier molecular flexibility index (Phi) is 6.82. The van der Waals surface area contributed by atoms with Gasteiger partial charge in [0.25, 0.3) is 0 Å². The van der Waals surface area contributed by atoms with E-state index in [1.54, 1.807) is 0 Å². The molecule has 3 aliphatic rings. The summed E-state index contributed by atoms with van der Waals surface area (Å²) in [6.45, 7) is 9.35. The van der Waals surface area contributed by atoms with Gasteiger partial charge in [-0.1, -0.05) is 26.2 Å². The third-order valence-electron chi connectivity index (χ3n) is 6.73. The van der Waals surface area contributed by atoms with Crippen LogP contribution in [0.15, 0.2) is 4.99 Å². The molecule has 2 saturated heterocycles. The van der Waals surface area contributed by atoms with Crippen LogP contribution in [0.4, 0.5) is 0 Å². The molecule has 0 aromatic rings. The zero-order chi connectivity index (χ0) is 18.4. The minimum absolute atomic E-state index is 0.339. The van der Waals surface area contributed by atoms with Crippen molar-refractivity contribution >= 4 is 11.9 Å². The Bertz CT molecular complexity index is 498. The molecule has 3 fully saturated rings. The number of guanidine groups is 1. The zero-order valence-electron chi connectivity index (χ0n) is 16.9. The third-order valence-corrected chi connectivity index (χ3v) is 6.73. The zero-order valence-corrected chi connectivity index (χ0v) is 16.9. The summed E-state index contributed by atoms with van der Waals surface area (Å²) in [4.78, 5) is 21.6. The number of carbonyl (C=O) groups excluding carboxylic acids is 1. The second kappa shape index (κ2) is 9.09. The van der Waals surface area contributed by atoms with E-state index in [1.165, 1.54) is 45.1 Å². The maximum Gasteiger partial charge on any atom is 0.222 e. The second-order valence-electron chi connectivity index (χ2n) is 8.51. The SMILES string of the molecule is CCNC(=NCCC(CC)N1CCCC1=O)N1CCC2(CCCCC2)C1. The Morgan fingerprint density at radius 1 is 1.15 bits per heavy atom. The number of rotatable bonds is 6. The molecule has 1 aliphatic carbocycles. The van der Waals surface area contributed by atoms with Crippen molar-refractivity contribution in [3.63, 3.8) is 0 Å². The van der Waals surface area contributed by atoms with Gasteiger partial charge in [-0.2, -0.15) is 0 Å². The summed E-state index contributed by atoms with van der Waals surface area (Å²) in [5.74, 6) is 1.43. The quantitative estimate of drug-likeness (QED) is 0.582. The molecule has 5 nitrogen and oxygen atoms in total. The number of carbonyl (C=O) groups is 1. The predicted molar refractivity (Wildman–Crippen MR) is 107 cm³/mol. The molecule has 1 N–H and O–H groups in total. The number of nitrogens with one attached hydrogen (secondary N) is 1. The van der Waals surface area contributed by atoms with Crippen LogP contribution in [0.3, 0.4) is 0 Å². The standard InChI is InChI=1S/C21H38N4O/c1-3-18(25-15-8-9-19(25)26)10-14-23-20(22-4-2)24-16-13-21(17-24)11-6-5-7-12-21/h18H,3-17H2,1-2H3,(H,22,23). The highest BCUT2D eigenvalue weighted by Gasteiger charge is 2.39. The Morgan fingerprint density at radius 3 is 2.62 bits per heavy atom. The Morgan fingerprint density at radius 2 is 1.96 bits per heavy atom. The van der Waals surface area contributed by atoms with Crippen molar-refractivity contribution in [2.24, 2.45) is 10.4 Å². The number of hydrogen-bond donors (Lipinski definition) is 1. The van der Waals surface area contributed by atoms with E-state index < -0.39 is 0 Å². The Hall–Kier alpha value is -1.26. The fourth-order valence-electron chi connectivity index (χ4n) is 5.21. The van der Waals surface area contributed by atoms with Gasteiger partial charge in [0.15, 0.2) is 5.96 Å². The Labute approximate surface area is 159 Å². The van der Waals surface area contributed by atoms with Crippen LogP contribution in [-0.4, -0.2) is 60.4 Å². The molecule has 1 saturated carbocycles. The van der Waals surface area contributed by atoms with Crippen molar-refractivity contribution < 1.29 is 4.79 Å². The van der Waals surface area contributed by atoms with Crippen molar-refractivity contribution in [3.05, 3.63) is 0 Å². The number of nitrogens with zero attached hydrogens (tertiary/aromatic N) is 3. The molecular formula is C21H38N4O. The van der Waals surface area contributed by atoms with Gasteiger partial charge in [-0.05, 0) is 50.9 Å². The van der Waals surface area contributed by atoms with Crippen molar-refractivity contribution in [1.29, 1.82) is 0 Å². The highest BCUT2D eigenvalue weighted by molar-refractivity contribution is 5.80. The van der Waals surface area contributed by atoms with Gasteiger partial charge in [0, 0.05) is 45.2 Å². The highest BCUT2D eigenvalue weighted by atomic mass is 16.2. The topological polar surface area (TPSA) is 47.9 Å². The van der Waals surface area contributed by atoms with E-state index in [2.05, 4.69) is 29.0 Å². The molecule has 0 radical (unpaired) electrons. The average Bonchev–Trinajstić information content (AvgIpc) is 3.25. The molecule has 26 heavy (non-hydrogen) atoms. The van der Waals surface area contributed by atoms with Crippen molar-refractivity contribution in [3.8, 4) is 0 Å². The van der Waals surface area contributed by atoms with E-state index in [1.807, 2.05) is 0 Å². The van der Waals surface area contributed by atoms with Gasteiger partial charge in [0.2, 0.25) is 5.91 Å². The first-order valence-corrected chi connectivity index (χ1v) is 11.0. The minimum Gasteiger partial charge on any atom is -0.357 e. The fourth-order valence-corrected chi connectivity index (χ4v) is 5.21. The molecule has 1 amide bonds. The number of hydrogen-bond acceptors (Lipinski definition) is 2. The summed E-state index contributed by atoms with van der Waals surface area (Å²) >= 11 is 0. The second-order valence-corrected chi connectivity index (χ2v) is 8.51. The van der Waals surface area contributed by atoms with Crippen LogP contribution in [0.1, 0.15) is 78.1 Å². The smallest absolute Gasteiger partial charge is 0.222 e. The lowest BCUT2D eigenvalue weighted by Crippen LogP contribution is -2.42. The van der Waals surface area contributed by atoms with Crippen LogP contribution >= 0.6 is 0 Å². The lowest BCUT2D eigenvalue weighted by Gasteiger charge is -2.33. The third kappa shape index (κ3) is 4.52. The lowest BCUT2D eigenvalue weighted by molar-refractivity contribution is -0.129.